The summed E-state index contributed by atoms with van der Waals surface area (Å²) in [6, 6.07) is 12.8. The van der Waals surface area contributed by atoms with Crippen LogP contribution < -0.4 is 5.32 Å². The molecule has 7 heteroatoms. The number of likely N-dealkylation sites (N-methyl/N-ethyl adjacent to an activating group) is 1. The third-order valence-corrected chi connectivity index (χ3v) is 5.48. The molecule has 1 unspecified atom stereocenters. The summed E-state index contributed by atoms with van der Waals surface area (Å²) >= 11 is 7.64. The Labute approximate surface area is 168 Å². The maximum Gasteiger partial charge on any atom is 0.242 e. The number of amides is 2. The third kappa shape index (κ3) is 6.26. The van der Waals surface area contributed by atoms with Crippen LogP contribution in [0.25, 0.3) is 0 Å². The van der Waals surface area contributed by atoms with Gasteiger partial charge in [-0.25, -0.2) is 4.39 Å². The largest absolute Gasteiger partial charge is 0.357 e. The number of rotatable bonds is 8. The second-order valence-corrected chi connectivity index (χ2v) is 7.42. The Morgan fingerprint density at radius 1 is 1.19 bits per heavy atom. The van der Waals surface area contributed by atoms with Gasteiger partial charge in [0.2, 0.25) is 11.8 Å². The van der Waals surface area contributed by atoms with Gasteiger partial charge in [0.05, 0.1) is 5.75 Å². The van der Waals surface area contributed by atoms with E-state index < -0.39 is 6.04 Å². The lowest BCUT2D eigenvalue weighted by Gasteiger charge is -2.28. The molecule has 0 aliphatic carbocycles. The summed E-state index contributed by atoms with van der Waals surface area (Å²) in [5.74, 6) is 0.117. The molecule has 2 aromatic rings. The zero-order valence-corrected chi connectivity index (χ0v) is 16.8. The first-order valence-corrected chi connectivity index (χ1v) is 10.0. The smallest absolute Gasteiger partial charge is 0.242 e. The molecule has 0 aliphatic heterocycles. The van der Waals surface area contributed by atoms with Crippen LogP contribution in [-0.2, 0) is 21.9 Å². The predicted octanol–water partition coefficient (Wildman–Crippen LogP) is 3.88. The van der Waals surface area contributed by atoms with Crippen molar-refractivity contribution in [3.8, 4) is 0 Å². The lowest BCUT2D eigenvalue weighted by Crippen LogP contribution is -2.47. The second-order valence-electron chi connectivity index (χ2n) is 6.02. The minimum atomic E-state index is -0.620. The van der Waals surface area contributed by atoms with Gasteiger partial charge in [0.15, 0.2) is 0 Å². The number of hydrogen-bond acceptors (Lipinski definition) is 3. The van der Waals surface area contributed by atoms with Gasteiger partial charge in [-0.3, -0.25) is 9.59 Å². The van der Waals surface area contributed by atoms with Gasteiger partial charge in [0.25, 0.3) is 0 Å². The van der Waals surface area contributed by atoms with Crippen LogP contribution >= 0.6 is 23.4 Å². The van der Waals surface area contributed by atoms with Crippen molar-refractivity contribution in [1.29, 1.82) is 0 Å². The van der Waals surface area contributed by atoms with Crippen molar-refractivity contribution >= 4 is 35.2 Å². The van der Waals surface area contributed by atoms with Gasteiger partial charge in [0.1, 0.15) is 11.9 Å². The van der Waals surface area contributed by atoms with Crippen LogP contribution in [0.2, 0.25) is 5.02 Å². The van der Waals surface area contributed by atoms with Gasteiger partial charge < -0.3 is 10.2 Å². The number of halogens is 2. The van der Waals surface area contributed by atoms with Crippen molar-refractivity contribution in [2.24, 2.45) is 0 Å². The summed E-state index contributed by atoms with van der Waals surface area (Å²) < 4.78 is 13.0. The van der Waals surface area contributed by atoms with Crippen LogP contribution in [0.1, 0.15) is 18.1 Å². The van der Waals surface area contributed by atoms with Gasteiger partial charge in [-0.1, -0.05) is 41.9 Å². The third-order valence-electron chi connectivity index (χ3n) is 4.12. The lowest BCUT2D eigenvalue weighted by atomic mass is 10.1. The highest BCUT2D eigenvalue weighted by Gasteiger charge is 2.25. The van der Waals surface area contributed by atoms with Crippen molar-refractivity contribution in [1.82, 2.24) is 10.2 Å². The first-order valence-electron chi connectivity index (χ1n) is 8.49. The Balaban J connectivity index is 2.04. The van der Waals surface area contributed by atoms with Crippen molar-refractivity contribution in [3.63, 3.8) is 0 Å². The molecule has 4 nitrogen and oxygen atoms in total. The quantitative estimate of drug-likeness (QED) is 0.721. The molecule has 0 heterocycles. The highest BCUT2D eigenvalue weighted by Crippen LogP contribution is 2.20. The number of carbonyl (C=O) groups is 2. The fraction of sp³-hybridized carbons (Fsp3) is 0.300. The van der Waals surface area contributed by atoms with Crippen LogP contribution in [-0.4, -0.2) is 35.6 Å². The summed E-state index contributed by atoms with van der Waals surface area (Å²) in [5, 5.41) is 3.13. The zero-order chi connectivity index (χ0) is 19.8. The van der Waals surface area contributed by atoms with E-state index in [1.807, 2.05) is 18.2 Å². The second kappa shape index (κ2) is 10.3. The Morgan fingerprint density at radius 2 is 1.85 bits per heavy atom. The number of nitrogens with one attached hydrogen (secondary N) is 1. The summed E-state index contributed by atoms with van der Waals surface area (Å²) in [7, 11) is 1.54. The van der Waals surface area contributed by atoms with E-state index in [1.54, 1.807) is 32.2 Å². The van der Waals surface area contributed by atoms with E-state index in [1.165, 1.54) is 28.8 Å². The van der Waals surface area contributed by atoms with Gasteiger partial charge in [-0.05, 0) is 36.2 Å². The number of thioether (sulfide) groups is 1. The Bertz CT molecular complexity index is 786. The van der Waals surface area contributed by atoms with Crippen LogP contribution in [0.3, 0.4) is 0 Å². The monoisotopic (exact) mass is 408 g/mol. The summed E-state index contributed by atoms with van der Waals surface area (Å²) in [6.07, 6.45) is 0. The Morgan fingerprint density at radius 3 is 2.48 bits per heavy atom. The fourth-order valence-electron chi connectivity index (χ4n) is 2.52. The molecule has 1 N–H and O–H groups in total. The van der Waals surface area contributed by atoms with Crippen LogP contribution in [0.5, 0.6) is 0 Å². The maximum atomic E-state index is 13.0. The van der Waals surface area contributed by atoms with Crippen LogP contribution in [0.4, 0.5) is 4.39 Å². The molecule has 0 saturated heterocycles. The normalized spacial score (nSPS) is 11.7. The van der Waals surface area contributed by atoms with Crippen molar-refractivity contribution in [3.05, 3.63) is 70.5 Å². The van der Waals surface area contributed by atoms with Crippen molar-refractivity contribution in [2.45, 2.75) is 25.3 Å². The van der Waals surface area contributed by atoms with Crippen LogP contribution in [0.15, 0.2) is 48.5 Å². The molecule has 27 heavy (non-hydrogen) atoms. The molecule has 0 aliphatic rings. The molecule has 144 valence electrons. The van der Waals surface area contributed by atoms with E-state index in [4.69, 9.17) is 11.6 Å². The Hall–Kier alpha value is -2.05. The summed E-state index contributed by atoms with van der Waals surface area (Å²) in [4.78, 5) is 26.4. The molecule has 0 aromatic heterocycles. The van der Waals surface area contributed by atoms with Gasteiger partial charge in [0, 0.05) is 24.4 Å². The predicted molar refractivity (Wildman–Crippen MR) is 108 cm³/mol. The van der Waals surface area contributed by atoms with E-state index in [-0.39, 0.29) is 29.9 Å². The molecule has 2 amide bonds. The molecular weight excluding hydrogens is 387 g/mol. The minimum absolute atomic E-state index is 0.155. The fourth-order valence-corrected chi connectivity index (χ4v) is 3.59. The van der Waals surface area contributed by atoms with E-state index in [0.717, 1.165) is 11.1 Å². The molecule has 0 fully saturated rings. The van der Waals surface area contributed by atoms with Crippen LogP contribution in [0, 0.1) is 5.82 Å². The average molecular weight is 409 g/mol. The highest BCUT2D eigenvalue weighted by atomic mass is 35.5. The molecule has 2 rings (SSSR count). The van der Waals surface area contributed by atoms with Crippen molar-refractivity contribution < 1.29 is 14.0 Å². The highest BCUT2D eigenvalue weighted by molar-refractivity contribution is 7.99. The van der Waals surface area contributed by atoms with E-state index in [2.05, 4.69) is 5.32 Å². The molecule has 1 atom stereocenters. The minimum Gasteiger partial charge on any atom is -0.357 e. The number of hydrogen-bond donors (Lipinski definition) is 1. The molecular formula is C20H22ClFN2O2S. The number of nitrogens with zero attached hydrogens (tertiary/aromatic N) is 1. The van der Waals surface area contributed by atoms with E-state index in [9.17, 15) is 14.0 Å². The SMILES string of the molecule is CNC(=O)C(C)N(Cc1ccccc1Cl)C(=O)CSCc1ccc(F)cc1. The zero-order valence-electron chi connectivity index (χ0n) is 15.2. The van der Waals surface area contributed by atoms with E-state index >= 15 is 0 Å². The molecule has 0 bridgehead atoms. The summed E-state index contributed by atoms with van der Waals surface area (Å²) in [5.41, 5.74) is 1.72. The molecule has 0 spiro atoms. The Kier molecular flexibility index (Phi) is 8.13. The maximum absolute atomic E-state index is 13.0. The number of benzene rings is 2. The lowest BCUT2D eigenvalue weighted by molar-refractivity contribution is -0.138. The molecule has 0 radical (unpaired) electrons. The standard InChI is InChI=1S/C20H22ClFN2O2S/c1-14(20(26)23-2)24(11-16-5-3-4-6-18(16)21)19(25)13-27-12-15-7-9-17(22)10-8-15/h3-10,14H,11-13H2,1-2H3,(H,23,26). The first-order chi connectivity index (χ1) is 12.9. The number of carbonyl (C=O) groups excluding carboxylic acids is 2. The topological polar surface area (TPSA) is 49.4 Å². The van der Waals surface area contributed by atoms with Gasteiger partial charge in [-0.15, -0.1) is 11.8 Å². The molecule has 0 saturated carbocycles. The average Bonchev–Trinajstić information content (AvgIpc) is 2.67. The van der Waals surface area contributed by atoms with Gasteiger partial charge >= 0.3 is 0 Å². The first kappa shape index (κ1) is 21.3. The van der Waals surface area contributed by atoms with E-state index in [0.29, 0.717) is 10.8 Å². The molecule has 2 aromatic carbocycles. The van der Waals surface area contributed by atoms with Gasteiger partial charge in [-0.2, -0.15) is 0 Å². The van der Waals surface area contributed by atoms with Crippen molar-refractivity contribution in [2.75, 3.05) is 12.8 Å². The summed E-state index contributed by atoms with van der Waals surface area (Å²) in [6.45, 7) is 1.95.